The Bertz CT molecular complexity index is 486. The van der Waals surface area contributed by atoms with Crippen molar-refractivity contribution in [2.75, 3.05) is 13.6 Å². The fourth-order valence-electron chi connectivity index (χ4n) is 1.84. The molecule has 1 aromatic heterocycles. The fourth-order valence-corrected chi connectivity index (χ4v) is 3.41. The van der Waals surface area contributed by atoms with E-state index in [-0.39, 0.29) is 0 Å². The summed E-state index contributed by atoms with van der Waals surface area (Å²) in [5.74, 6) is 0. The predicted molar refractivity (Wildman–Crippen MR) is 79.8 cm³/mol. The molecule has 0 unspecified atom stereocenters. The molecule has 0 aliphatic carbocycles. The highest BCUT2D eigenvalue weighted by Crippen LogP contribution is 2.23. The van der Waals surface area contributed by atoms with E-state index < -0.39 is 6.10 Å². The zero-order valence-electron chi connectivity index (χ0n) is 10.2. The Morgan fingerprint density at radius 1 is 1.22 bits per heavy atom. The van der Waals surface area contributed by atoms with Gasteiger partial charge in [-0.05, 0) is 40.7 Å². The molecular formula is C14H16BrNOS. The van der Waals surface area contributed by atoms with E-state index in [1.165, 1.54) is 4.88 Å². The third kappa shape index (κ3) is 3.92. The summed E-state index contributed by atoms with van der Waals surface area (Å²) in [6.45, 7) is 1.50. The van der Waals surface area contributed by atoms with E-state index in [4.69, 9.17) is 0 Å². The van der Waals surface area contributed by atoms with E-state index in [2.05, 4.69) is 33.0 Å². The first-order valence-corrected chi connectivity index (χ1v) is 7.42. The molecule has 0 radical (unpaired) electrons. The van der Waals surface area contributed by atoms with Crippen LogP contribution in [0.4, 0.5) is 0 Å². The average molecular weight is 326 g/mol. The van der Waals surface area contributed by atoms with E-state index >= 15 is 0 Å². The van der Waals surface area contributed by atoms with Gasteiger partial charge in [-0.1, -0.05) is 30.3 Å². The van der Waals surface area contributed by atoms with Gasteiger partial charge in [0, 0.05) is 18.0 Å². The van der Waals surface area contributed by atoms with Gasteiger partial charge in [0.15, 0.2) is 0 Å². The van der Waals surface area contributed by atoms with E-state index in [9.17, 15) is 5.11 Å². The molecule has 96 valence electrons. The van der Waals surface area contributed by atoms with Crippen LogP contribution in [0, 0.1) is 0 Å². The molecule has 0 fully saturated rings. The van der Waals surface area contributed by atoms with Gasteiger partial charge >= 0.3 is 0 Å². The second-order valence-electron chi connectivity index (χ2n) is 4.33. The zero-order valence-corrected chi connectivity index (χ0v) is 12.6. The van der Waals surface area contributed by atoms with Crippen LogP contribution in [0.15, 0.2) is 46.3 Å². The number of halogens is 1. The first-order valence-electron chi connectivity index (χ1n) is 5.81. The second-order valence-corrected chi connectivity index (χ2v) is 6.88. The lowest BCUT2D eigenvalue weighted by atomic mass is 10.1. The fraction of sp³-hybridized carbons (Fsp3) is 0.286. The number of hydrogen-bond acceptors (Lipinski definition) is 3. The second kappa shape index (κ2) is 6.48. The SMILES string of the molecule is CN(Cc1ccc(Br)s1)C[C@@H](O)c1ccccc1. The standard InChI is InChI=1S/C14H16BrNOS/c1-16(9-12-7-8-14(15)18-12)10-13(17)11-5-3-2-4-6-11/h2-8,13,17H,9-10H2,1H3/t13-/m1/s1. The Morgan fingerprint density at radius 2 is 1.94 bits per heavy atom. The predicted octanol–water partition coefficient (Wildman–Crippen LogP) is 3.68. The van der Waals surface area contributed by atoms with E-state index in [1.54, 1.807) is 11.3 Å². The molecule has 0 saturated heterocycles. The summed E-state index contributed by atoms with van der Waals surface area (Å²) in [6, 6.07) is 14.0. The largest absolute Gasteiger partial charge is 0.387 e. The minimum Gasteiger partial charge on any atom is -0.387 e. The highest BCUT2D eigenvalue weighted by Gasteiger charge is 2.11. The molecule has 1 aromatic carbocycles. The quantitative estimate of drug-likeness (QED) is 0.906. The van der Waals surface area contributed by atoms with Crippen molar-refractivity contribution in [2.24, 2.45) is 0 Å². The van der Waals surface area contributed by atoms with Crippen LogP contribution in [0.1, 0.15) is 16.5 Å². The molecular weight excluding hydrogens is 310 g/mol. The van der Waals surface area contributed by atoms with Crippen molar-refractivity contribution >= 4 is 27.3 Å². The minimum atomic E-state index is -0.431. The van der Waals surface area contributed by atoms with Gasteiger partial charge in [0.1, 0.15) is 0 Å². The van der Waals surface area contributed by atoms with Crippen molar-refractivity contribution < 1.29 is 5.11 Å². The lowest BCUT2D eigenvalue weighted by Gasteiger charge is -2.20. The molecule has 18 heavy (non-hydrogen) atoms. The van der Waals surface area contributed by atoms with E-state index in [0.717, 1.165) is 15.9 Å². The molecule has 1 atom stereocenters. The summed E-state index contributed by atoms with van der Waals surface area (Å²) in [6.07, 6.45) is -0.431. The van der Waals surface area contributed by atoms with Gasteiger partial charge < -0.3 is 5.11 Å². The Balaban J connectivity index is 1.89. The van der Waals surface area contributed by atoms with Crippen molar-refractivity contribution in [3.8, 4) is 0 Å². The van der Waals surface area contributed by atoms with Gasteiger partial charge in [-0.2, -0.15) is 0 Å². The molecule has 4 heteroatoms. The van der Waals surface area contributed by atoms with Crippen molar-refractivity contribution in [1.29, 1.82) is 0 Å². The van der Waals surface area contributed by atoms with Crippen molar-refractivity contribution in [3.05, 3.63) is 56.7 Å². The smallest absolute Gasteiger partial charge is 0.0916 e. The number of benzene rings is 1. The van der Waals surface area contributed by atoms with Crippen LogP contribution in [-0.2, 0) is 6.54 Å². The summed E-state index contributed by atoms with van der Waals surface area (Å²) in [5, 5.41) is 10.1. The molecule has 0 bridgehead atoms. The van der Waals surface area contributed by atoms with Gasteiger partial charge in [-0.3, -0.25) is 4.90 Å². The minimum absolute atomic E-state index is 0.431. The lowest BCUT2D eigenvalue weighted by molar-refractivity contribution is 0.124. The maximum absolute atomic E-state index is 10.1. The summed E-state index contributed by atoms with van der Waals surface area (Å²) in [5.41, 5.74) is 0.969. The normalized spacial score (nSPS) is 12.9. The molecule has 0 aliphatic heterocycles. The Kier molecular flexibility index (Phi) is 4.95. The molecule has 0 aliphatic rings. The topological polar surface area (TPSA) is 23.5 Å². The van der Waals surface area contributed by atoms with E-state index in [0.29, 0.717) is 6.54 Å². The van der Waals surface area contributed by atoms with Crippen molar-refractivity contribution in [2.45, 2.75) is 12.6 Å². The maximum Gasteiger partial charge on any atom is 0.0916 e. The molecule has 0 amide bonds. The van der Waals surface area contributed by atoms with Crippen LogP contribution < -0.4 is 0 Å². The number of hydrogen-bond donors (Lipinski definition) is 1. The number of rotatable bonds is 5. The maximum atomic E-state index is 10.1. The molecule has 2 aromatic rings. The number of nitrogens with zero attached hydrogens (tertiary/aromatic N) is 1. The Morgan fingerprint density at radius 3 is 2.56 bits per heavy atom. The molecule has 0 saturated carbocycles. The van der Waals surface area contributed by atoms with Crippen LogP contribution >= 0.6 is 27.3 Å². The first kappa shape index (κ1) is 13.7. The highest BCUT2D eigenvalue weighted by atomic mass is 79.9. The number of likely N-dealkylation sites (N-methyl/N-ethyl adjacent to an activating group) is 1. The number of aliphatic hydroxyl groups excluding tert-OH is 1. The summed E-state index contributed by atoms with van der Waals surface area (Å²) in [7, 11) is 2.03. The third-order valence-electron chi connectivity index (χ3n) is 2.72. The van der Waals surface area contributed by atoms with E-state index in [1.807, 2.05) is 37.4 Å². The first-order chi connectivity index (χ1) is 8.65. The van der Waals surface area contributed by atoms with Crippen LogP contribution in [0.3, 0.4) is 0 Å². The van der Waals surface area contributed by atoms with Crippen LogP contribution in [0.25, 0.3) is 0 Å². The van der Waals surface area contributed by atoms with Gasteiger partial charge in [0.25, 0.3) is 0 Å². The van der Waals surface area contributed by atoms with Crippen LogP contribution in [0.5, 0.6) is 0 Å². The lowest BCUT2D eigenvalue weighted by Crippen LogP contribution is -2.23. The van der Waals surface area contributed by atoms with Gasteiger partial charge in [0.05, 0.1) is 9.89 Å². The summed E-state index contributed by atoms with van der Waals surface area (Å²) < 4.78 is 1.15. The van der Waals surface area contributed by atoms with Gasteiger partial charge in [-0.25, -0.2) is 0 Å². The number of thiophene rings is 1. The molecule has 2 rings (SSSR count). The van der Waals surface area contributed by atoms with Crippen LogP contribution in [0.2, 0.25) is 0 Å². The van der Waals surface area contributed by atoms with Crippen LogP contribution in [-0.4, -0.2) is 23.6 Å². The van der Waals surface area contributed by atoms with Crippen molar-refractivity contribution in [3.63, 3.8) is 0 Å². The summed E-state index contributed by atoms with van der Waals surface area (Å²) in [4.78, 5) is 3.43. The monoisotopic (exact) mass is 325 g/mol. The zero-order chi connectivity index (χ0) is 13.0. The van der Waals surface area contributed by atoms with Gasteiger partial charge in [0.2, 0.25) is 0 Å². The Hall–Kier alpha value is -0.680. The van der Waals surface area contributed by atoms with Gasteiger partial charge in [-0.15, -0.1) is 11.3 Å². The third-order valence-corrected chi connectivity index (χ3v) is 4.33. The molecule has 2 nitrogen and oxygen atoms in total. The number of aliphatic hydroxyl groups is 1. The molecule has 1 heterocycles. The highest BCUT2D eigenvalue weighted by molar-refractivity contribution is 9.11. The molecule has 1 N–H and O–H groups in total. The average Bonchev–Trinajstić information content (AvgIpc) is 2.75. The molecule has 0 spiro atoms. The van der Waals surface area contributed by atoms with Crippen molar-refractivity contribution in [1.82, 2.24) is 4.90 Å². The Labute approximate surface area is 120 Å². The summed E-state index contributed by atoms with van der Waals surface area (Å²) >= 11 is 5.19.